The van der Waals surface area contributed by atoms with Gasteiger partial charge in [0.1, 0.15) is 11.0 Å². The molecule has 0 aliphatic carbocycles. The molecule has 1 aliphatic rings. The summed E-state index contributed by atoms with van der Waals surface area (Å²) in [6, 6.07) is 9.20. The van der Waals surface area contributed by atoms with Crippen molar-refractivity contribution in [2.75, 3.05) is 13.2 Å². The molecule has 5 nitrogen and oxygen atoms in total. The topological polar surface area (TPSA) is 64.6 Å². The second-order valence-electron chi connectivity index (χ2n) is 5.18. The van der Waals surface area contributed by atoms with Crippen LogP contribution >= 0.6 is 11.8 Å². The van der Waals surface area contributed by atoms with E-state index in [0.29, 0.717) is 12.4 Å². The first-order valence-electron chi connectivity index (χ1n) is 7.39. The summed E-state index contributed by atoms with van der Waals surface area (Å²) in [6.45, 7) is 4.15. The van der Waals surface area contributed by atoms with Gasteiger partial charge in [0.25, 0.3) is 5.91 Å². The van der Waals surface area contributed by atoms with Crippen molar-refractivity contribution in [3.63, 3.8) is 0 Å². The van der Waals surface area contributed by atoms with Gasteiger partial charge in [-0.1, -0.05) is 25.1 Å². The molecule has 1 heterocycles. The third-order valence-corrected chi connectivity index (χ3v) is 4.96. The Morgan fingerprint density at radius 1 is 1.32 bits per heavy atom. The highest BCUT2D eigenvalue weighted by Crippen LogP contribution is 2.37. The van der Waals surface area contributed by atoms with Crippen molar-refractivity contribution >= 4 is 23.6 Å². The summed E-state index contributed by atoms with van der Waals surface area (Å²) < 4.78 is 10.5. The zero-order valence-corrected chi connectivity index (χ0v) is 13.6. The van der Waals surface area contributed by atoms with Crippen molar-refractivity contribution in [3.05, 3.63) is 30.3 Å². The molecule has 3 unspecified atom stereocenters. The maximum Gasteiger partial charge on any atom is 0.319 e. The van der Waals surface area contributed by atoms with Crippen molar-refractivity contribution < 1.29 is 19.1 Å². The molecule has 1 aromatic rings. The van der Waals surface area contributed by atoms with Crippen LogP contribution in [0, 0.1) is 5.92 Å². The molecule has 3 atom stereocenters. The normalized spacial score (nSPS) is 23.8. The van der Waals surface area contributed by atoms with Crippen molar-refractivity contribution in [2.45, 2.75) is 30.9 Å². The SMILES string of the molecule is CCOC(=O)C1SC(NC(=O)COc2ccccc2)CC1C. The summed E-state index contributed by atoms with van der Waals surface area (Å²) >= 11 is 1.45. The smallest absolute Gasteiger partial charge is 0.319 e. The van der Waals surface area contributed by atoms with E-state index in [2.05, 4.69) is 5.32 Å². The molecule has 1 saturated heterocycles. The molecule has 1 N–H and O–H groups in total. The number of carbonyl (C=O) groups excluding carboxylic acids is 2. The molecule has 2 rings (SSSR count). The first-order valence-corrected chi connectivity index (χ1v) is 8.33. The fraction of sp³-hybridized carbons (Fsp3) is 0.500. The van der Waals surface area contributed by atoms with Crippen molar-refractivity contribution in [1.82, 2.24) is 5.32 Å². The minimum Gasteiger partial charge on any atom is -0.484 e. The molecule has 1 fully saturated rings. The van der Waals surface area contributed by atoms with Gasteiger partial charge in [-0.2, -0.15) is 0 Å². The van der Waals surface area contributed by atoms with E-state index < -0.39 is 0 Å². The van der Waals surface area contributed by atoms with Crippen LogP contribution in [0.2, 0.25) is 0 Å². The summed E-state index contributed by atoms with van der Waals surface area (Å²) in [5, 5.41) is 2.62. The minimum absolute atomic E-state index is 0.0282. The first kappa shape index (κ1) is 16.7. The van der Waals surface area contributed by atoms with E-state index in [1.165, 1.54) is 11.8 Å². The highest BCUT2D eigenvalue weighted by molar-refractivity contribution is 8.01. The number of benzene rings is 1. The molecule has 0 aromatic heterocycles. The van der Waals surface area contributed by atoms with Gasteiger partial charge in [-0.25, -0.2) is 0 Å². The third-order valence-electron chi connectivity index (χ3n) is 3.37. The molecular weight excluding hydrogens is 302 g/mol. The molecule has 1 aliphatic heterocycles. The Labute approximate surface area is 134 Å². The number of amides is 1. The van der Waals surface area contributed by atoms with Crippen molar-refractivity contribution in [3.8, 4) is 5.75 Å². The fourth-order valence-electron chi connectivity index (χ4n) is 2.32. The Balaban J connectivity index is 1.77. The summed E-state index contributed by atoms with van der Waals surface area (Å²) in [6.07, 6.45) is 0.755. The Morgan fingerprint density at radius 3 is 2.73 bits per heavy atom. The molecule has 0 radical (unpaired) electrons. The molecule has 0 spiro atoms. The van der Waals surface area contributed by atoms with Crippen LogP contribution in [0.3, 0.4) is 0 Å². The Morgan fingerprint density at radius 2 is 2.05 bits per heavy atom. The predicted octanol–water partition coefficient (Wildman–Crippen LogP) is 2.21. The van der Waals surface area contributed by atoms with Gasteiger partial charge in [0, 0.05) is 0 Å². The predicted molar refractivity (Wildman–Crippen MR) is 85.7 cm³/mol. The number of carbonyl (C=O) groups is 2. The maximum absolute atomic E-state index is 11.9. The van der Waals surface area contributed by atoms with E-state index >= 15 is 0 Å². The number of esters is 1. The van der Waals surface area contributed by atoms with Crippen LogP contribution in [0.5, 0.6) is 5.75 Å². The number of hydrogen-bond acceptors (Lipinski definition) is 5. The average Bonchev–Trinajstić information content (AvgIpc) is 2.87. The van der Waals surface area contributed by atoms with E-state index in [9.17, 15) is 9.59 Å². The van der Waals surface area contributed by atoms with E-state index in [0.717, 1.165) is 6.42 Å². The molecule has 22 heavy (non-hydrogen) atoms. The lowest BCUT2D eigenvalue weighted by molar-refractivity contribution is -0.143. The quantitative estimate of drug-likeness (QED) is 0.813. The summed E-state index contributed by atoms with van der Waals surface area (Å²) in [5.74, 6) is 0.467. The van der Waals surface area contributed by atoms with Gasteiger partial charge < -0.3 is 14.8 Å². The minimum atomic E-state index is -0.208. The largest absolute Gasteiger partial charge is 0.484 e. The molecule has 0 bridgehead atoms. The van der Waals surface area contributed by atoms with E-state index in [4.69, 9.17) is 9.47 Å². The van der Waals surface area contributed by atoms with Crippen molar-refractivity contribution in [1.29, 1.82) is 0 Å². The van der Waals surface area contributed by atoms with Gasteiger partial charge in [0.05, 0.1) is 12.0 Å². The highest BCUT2D eigenvalue weighted by Gasteiger charge is 2.38. The Kier molecular flexibility index (Phi) is 6.12. The van der Waals surface area contributed by atoms with Gasteiger partial charge in [0.15, 0.2) is 6.61 Å². The summed E-state index contributed by atoms with van der Waals surface area (Å²) in [4.78, 5) is 23.7. The number of ether oxygens (including phenoxy) is 2. The van der Waals surface area contributed by atoms with Crippen LogP contribution in [0.15, 0.2) is 30.3 Å². The lowest BCUT2D eigenvalue weighted by Crippen LogP contribution is -2.35. The van der Waals surface area contributed by atoms with Gasteiger partial charge in [-0.15, -0.1) is 11.8 Å². The fourth-order valence-corrected chi connectivity index (χ4v) is 3.85. The number of thioether (sulfide) groups is 1. The zero-order valence-electron chi connectivity index (χ0n) is 12.8. The van der Waals surface area contributed by atoms with Crippen LogP contribution in [-0.4, -0.2) is 35.7 Å². The third kappa shape index (κ3) is 4.66. The molecule has 0 saturated carbocycles. The standard InChI is InChI=1S/C16H21NO4S/c1-3-20-16(19)15-11(2)9-14(22-15)17-13(18)10-21-12-7-5-4-6-8-12/h4-8,11,14-15H,3,9-10H2,1-2H3,(H,17,18). The van der Waals surface area contributed by atoms with Crippen LogP contribution in [0.25, 0.3) is 0 Å². The second-order valence-corrected chi connectivity index (χ2v) is 6.53. The van der Waals surface area contributed by atoms with E-state index in [1.54, 1.807) is 19.1 Å². The van der Waals surface area contributed by atoms with Crippen LogP contribution in [-0.2, 0) is 14.3 Å². The van der Waals surface area contributed by atoms with Gasteiger partial charge >= 0.3 is 5.97 Å². The van der Waals surface area contributed by atoms with E-state index in [-0.39, 0.29) is 35.0 Å². The average molecular weight is 323 g/mol. The van der Waals surface area contributed by atoms with Crippen LogP contribution in [0.4, 0.5) is 0 Å². The molecular formula is C16H21NO4S. The molecule has 1 aromatic carbocycles. The number of nitrogens with one attached hydrogen (secondary N) is 1. The molecule has 120 valence electrons. The van der Waals surface area contributed by atoms with Crippen LogP contribution < -0.4 is 10.1 Å². The monoisotopic (exact) mass is 323 g/mol. The molecule has 1 amide bonds. The van der Waals surface area contributed by atoms with Crippen LogP contribution in [0.1, 0.15) is 20.3 Å². The maximum atomic E-state index is 11.9. The second kappa shape index (κ2) is 8.08. The summed E-state index contributed by atoms with van der Waals surface area (Å²) in [5.41, 5.74) is 0. The first-order chi connectivity index (χ1) is 10.6. The summed E-state index contributed by atoms with van der Waals surface area (Å²) in [7, 11) is 0. The van der Waals surface area contributed by atoms with Crippen molar-refractivity contribution in [2.24, 2.45) is 5.92 Å². The van der Waals surface area contributed by atoms with Gasteiger partial charge in [-0.05, 0) is 31.4 Å². The number of para-hydroxylation sites is 1. The number of rotatable bonds is 6. The zero-order chi connectivity index (χ0) is 15.9. The number of hydrogen-bond donors (Lipinski definition) is 1. The molecule has 6 heteroatoms. The Hall–Kier alpha value is -1.69. The lowest BCUT2D eigenvalue weighted by Gasteiger charge is -2.13. The van der Waals surface area contributed by atoms with Gasteiger partial charge in [-0.3, -0.25) is 9.59 Å². The Bertz CT molecular complexity index is 508. The van der Waals surface area contributed by atoms with Gasteiger partial charge in [0.2, 0.25) is 0 Å². The highest BCUT2D eigenvalue weighted by atomic mass is 32.2. The lowest BCUT2D eigenvalue weighted by atomic mass is 10.0. The van der Waals surface area contributed by atoms with E-state index in [1.807, 2.05) is 25.1 Å².